The molecule has 21 heavy (non-hydrogen) atoms. The second-order valence-electron chi connectivity index (χ2n) is 7.24. The first-order chi connectivity index (χ1) is 10.2. The summed E-state index contributed by atoms with van der Waals surface area (Å²) in [5, 5.41) is 0. The van der Waals surface area contributed by atoms with Gasteiger partial charge in [-0.1, -0.05) is 90.9 Å². The molecule has 1 nitrogen and oxygen atoms in total. The number of rotatable bonds is 16. The maximum atomic E-state index is 2.37. The summed E-state index contributed by atoms with van der Waals surface area (Å²) in [6.45, 7) is 5.90. The van der Waals surface area contributed by atoms with Crippen LogP contribution in [-0.2, 0) is 0 Å². The first-order valence-corrected chi connectivity index (χ1v) is 9.85. The zero-order valence-electron chi connectivity index (χ0n) is 15.6. The molecule has 0 aromatic carbocycles. The van der Waals surface area contributed by atoms with Crippen LogP contribution in [0.25, 0.3) is 0 Å². The Morgan fingerprint density at radius 1 is 0.571 bits per heavy atom. The molecular weight excluding hydrogens is 254 g/mol. The molecule has 0 aromatic heterocycles. The average Bonchev–Trinajstić information content (AvgIpc) is 2.46. The van der Waals surface area contributed by atoms with E-state index >= 15 is 0 Å². The van der Waals surface area contributed by atoms with Crippen molar-refractivity contribution >= 4 is 0 Å². The van der Waals surface area contributed by atoms with E-state index in [0.717, 1.165) is 5.92 Å². The van der Waals surface area contributed by atoms with E-state index in [1.54, 1.807) is 0 Å². The zero-order valence-corrected chi connectivity index (χ0v) is 15.6. The molecule has 0 radical (unpaired) electrons. The summed E-state index contributed by atoms with van der Waals surface area (Å²) in [6.07, 6.45) is 20.2. The monoisotopic (exact) mass is 297 g/mol. The largest absolute Gasteiger partial charge is 0.309 e. The van der Waals surface area contributed by atoms with Crippen LogP contribution in [0, 0.1) is 5.92 Å². The topological polar surface area (TPSA) is 3.24 Å². The van der Waals surface area contributed by atoms with Gasteiger partial charge in [0.2, 0.25) is 0 Å². The van der Waals surface area contributed by atoms with Crippen molar-refractivity contribution in [2.75, 3.05) is 20.6 Å². The first kappa shape index (κ1) is 21.0. The molecule has 0 fully saturated rings. The molecule has 0 rings (SSSR count). The minimum Gasteiger partial charge on any atom is -0.309 e. The number of hydrogen-bond donors (Lipinski definition) is 0. The summed E-state index contributed by atoms with van der Waals surface area (Å²) in [5.41, 5.74) is 0. The van der Waals surface area contributed by atoms with E-state index in [1.807, 2.05) is 0 Å². The summed E-state index contributed by atoms with van der Waals surface area (Å²) >= 11 is 0. The molecule has 0 heterocycles. The summed E-state index contributed by atoms with van der Waals surface area (Å²) in [7, 11) is 4.44. The normalized spacial score (nSPS) is 13.0. The summed E-state index contributed by atoms with van der Waals surface area (Å²) in [5.74, 6) is 0.939. The smallest absolute Gasteiger partial charge is 0.000356 e. The van der Waals surface area contributed by atoms with Gasteiger partial charge in [-0.2, -0.15) is 0 Å². The lowest BCUT2D eigenvalue weighted by Gasteiger charge is -2.20. The molecule has 0 spiro atoms. The van der Waals surface area contributed by atoms with Gasteiger partial charge in [0, 0.05) is 6.54 Å². The van der Waals surface area contributed by atoms with Gasteiger partial charge in [0.15, 0.2) is 0 Å². The highest BCUT2D eigenvalue weighted by atomic mass is 15.1. The van der Waals surface area contributed by atoms with Crippen LogP contribution in [0.1, 0.15) is 104 Å². The minimum atomic E-state index is 0.939. The highest BCUT2D eigenvalue weighted by molar-refractivity contribution is 4.63. The third-order valence-electron chi connectivity index (χ3n) is 4.56. The molecule has 0 saturated carbocycles. The molecule has 0 N–H and O–H groups in total. The van der Waals surface area contributed by atoms with Crippen molar-refractivity contribution in [2.24, 2.45) is 5.92 Å². The van der Waals surface area contributed by atoms with Gasteiger partial charge in [-0.05, 0) is 32.9 Å². The Morgan fingerprint density at radius 3 is 1.48 bits per heavy atom. The summed E-state index contributed by atoms with van der Waals surface area (Å²) in [6, 6.07) is 0. The molecule has 1 atom stereocenters. The van der Waals surface area contributed by atoms with Crippen LogP contribution in [0.3, 0.4) is 0 Å². The van der Waals surface area contributed by atoms with E-state index in [9.17, 15) is 0 Å². The predicted octanol–water partition coefficient (Wildman–Crippen LogP) is 6.67. The highest BCUT2D eigenvalue weighted by Gasteiger charge is 2.09. The van der Waals surface area contributed by atoms with Crippen molar-refractivity contribution < 1.29 is 0 Å². The van der Waals surface area contributed by atoms with Crippen molar-refractivity contribution in [2.45, 2.75) is 104 Å². The van der Waals surface area contributed by atoms with Crippen LogP contribution in [0.15, 0.2) is 0 Å². The molecule has 128 valence electrons. The van der Waals surface area contributed by atoms with Gasteiger partial charge in [0.05, 0.1) is 0 Å². The standard InChI is InChI=1S/C20H43N/c1-5-7-9-10-11-12-13-14-15-16-18-20(17-8-6-2)19-21(3)4/h20H,5-19H2,1-4H3. The van der Waals surface area contributed by atoms with Crippen LogP contribution < -0.4 is 0 Å². The Morgan fingerprint density at radius 2 is 1.00 bits per heavy atom. The Hall–Kier alpha value is -0.0400. The van der Waals surface area contributed by atoms with Gasteiger partial charge >= 0.3 is 0 Å². The van der Waals surface area contributed by atoms with E-state index in [0.29, 0.717) is 0 Å². The van der Waals surface area contributed by atoms with Gasteiger partial charge in [-0.25, -0.2) is 0 Å². The molecule has 0 aliphatic rings. The fraction of sp³-hybridized carbons (Fsp3) is 1.00. The van der Waals surface area contributed by atoms with E-state index in [2.05, 4.69) is 32.8 Å². The fourth-order valence-electron chi connectivity index (χ4n) is 3.26. The molecule has 1 heteroatoms. The van der Waals surface area contributed by atoms with Crippen LogP contribution in [0.4, 0.5) is 0 Å². The predicted molar refractivity (Wildman–Crippen MR) is 98.0 cm³/mol. The molecule has 0 aliphatic heterocycles. The van der Waals surface area contributed by atoms with E-state index < -0.39 is 0 Å². The van der Waals surface area contributed by atoms with Gasteiger partial charge in [-0.15, -0.1) is 0 Å². The van der Waals surface area contributed by atoms with E-state index in [1.165, 1.54) is 96.4 Å². The third-order valence-corrected chi connectivity index (χ3v) is 4.56. The lowest BCUT2D eigenvalue weighted by Crippen LogP contribution is -2.21. The third kappa shape index (κ3) is 16.2. The number of nitrogens with zero attached hydrogens (tertiary/aromatic N) is 1. The van der Waals surface area contributed by atoms with Crippen molar-refractivity contribution in [1.82, 2.24) is 4.90 Å². The highest BCUT2D eigenvalue weighted by Crippen LogP contribution is 2.18. The molecule has 0 saturated heterocycles. The lowest BCUT2D eigenvalue weighted by atomic mass is 9.94. The minimum absolute atomic E-state index is 0.939. The van der Waals surface area contributed by atoms with Crippen LogP contribution in [0.5, 0.6) is 0 Å². The summed E-state index contributed by atoms with van der Waals surface area (Å²) < 4.78 is 0. The SMILES string of the molecule is CCCCCCCCCCCCC(CCCC)CN(C)C. The Bertz CT molecular complexity index is 188. The second kappa shape index (κ2) is 16.3. The van der Waals surface area contributed by atoms with Crippen molar-refractivity contribution in [3.05, 3.63) is 0 Å². The fourth-order valence-corrected chi connectivity index (χ4v) is 3.26. The summed E-state index contributed by atoms with van der Waals surface area (Å²) in [4.78, 5) is 2.37. The molecule has 0 aliphatic carbocycles. The number of hydrogen-bond acceptors (Lipinski definition) is 1. The Balaban J connectivity index is 3.40. The van der Waals surface area contributed by atoms with E-state index in [4.69, 9.17) is 0 Å². The van der Waals surface area contributed by atoms with Crippen molar-refractivity contribution in [3.8, 4) is 0 Å². The van der Waals surface area contributed by atoms with Gasteiger partial charge in [-0.3, -0.25) is 0 Å². The maximum Gasteiger partial charge on any atom is 0.000356 e. The van der Waals surface area contributed by atoms with Gasteiger partial charge < -0.3 is 4.90 Å². The lowest BCUT2D eigenvalue weighted by molar-refractivity contribution is 0.288. The Kier molecular flexibility index (Phi) is 16.3. The molecule has 0 aromatic rings. The molecule has 1 unspecified atom stereocenters. The van der Waals surface area contributed by atoms with Crippen molar-refractivity contribution in [3.63, 3.8) is 0 Å². The molecule has 0 amide bonds. The van der Waals surface area contributed by atoms with Crippen LogP contribution in [0.2, 0.25) is 0 Å². The molecule has 0 bridgehead atoms. The van der Waals surface area contributed by atoms with Crippen LogP contribution in [-0.4, -0.2) is 25.5 Å². The zero-order chi connectivity index (χ0) is 15.8. The Labute approximate surface area is 135 Å². The first-order valence-electron chi connectivity index (χ1n) is 9.85. The molecular formula is C20H43N. The quantitative estimate of drug-likeness (QED) is 0.288. The van der Waals surface area contributed by atoms with Crippen molar-refractivity contribution in [1.29, 1.82) is 0 Å². The van der Waals surface area contributed by atoms with Crippen LogP contribution >= 0.6 is 0 Å². The second-order valence-corrected chi connectivity index (χ2v) is 7.24. The average molecular weight is 298 g/mol. The number of unbranched alkanes of at least 4 members (excludes halogenated alkanes) is 10. The van der Waals surface area contributed by atoms with Gasteiger partial charge in [0.25, 0.3) is 0 Å². The maximum absolute atomic E-state index is 2.37. The van der Waals surface area contributed by atoms with Gasteiger partial charge in [0.1, 0.15) is 0 Å². The van der Waals surface area contributed by atoms with E-state index in [-0.39, 0.29) is 0 Å².